The Bertz CT molecular complexity index is 1400. The van der Waals surface area contributed by atoms with E-state index < -0.39 is 46.8 Å². The summed E-state index contributed by atoms with van der Waals surface area (Å²) in [6.45, 7) is -0.0176. The fourth-order valence-corrected chi connectivity index (χ4v) is 5.91. The lowest BCUT2D eigenvalue weighted by Gasteiger charge is -2.27. The molecule has 0 radical (unpaired) electrons. The predicted octanol–water partition coefficient (Wildman–Crippen LogP) is 6.14. The van der Waals surface area contributed by atoms with Gasteiger partial charge in [0, 0.05) is 24.6 Å². The summed E-state index contributed by atoms with van der Waals surface area (Å²) in [7, 11) is 0. The van der Waals surface area contributed by atoms with E-state index in [1.807, 2.05) is 0 Å². The number of benzene rings is 1. The van der Waals surface area contributed by atoms with Crippen LogP contribution < -0.4 is 5.32 Å². The first kappa shape index (κ1) is 31.5. The van der Waals surface area contributed by atoms with Crippen LogP contribution in [0.5, 0.6) is 0 Å². The fraction of sp³-hybridized carbons (Fsp3) is 0.370. The number of nitrogens with zero attached hydrogens (tertiary/aromatic N) is 2. The van der Waals surface area contributed by atoms with E-state index >= 15 is 0 Å². The molecule has 2 fully saturated rings. The average molecular weight is 632 g/mol. The zero-order valence-corrected chi connectivity index (χ0v) is 23.2. The Morgan fingerprint density at radius 1 is 1.05 bits per heavy atom. The van der Waals surface area contributed by atoms with Crippen molar-refractivity contribution in [2.24, 2.45) is 5.92 Å². The van der Waals surface area contributed by atoms with Crippen molar-refractivity contribution in [1.29, 1.82) is 0 Å². The zero-order valence-electron chi connectivity index (χ0n) is 21.6. The smallest absolute Gasteiger partial charge is 0.416 e. The number of thioether (sulfide) groups is 1. The van der Waals surface area contributed by atoms with Gasteiger partial charge in [0.05, 0.1) is 33.3 Å². The van der Waals surface area contributed by atoms with Crippen LogP contribution in [0.2, 0.25) is 0 Å². The number of aliphatic carboxylic acids is 1. The number of hydrogen-bond acceptors (Lipinski definition) is 6. The lowest BCUT2D eigenvalue weighted by molar-refractivity contribution is -0.144. The number of amides is 2. The Kier molecular flexibility index (Phi) is 9.30. The number of carboxylic acids is 1. The summed E-state index contributed by atoms with van der Waals surface area (Å²) in [5, 5.41) is 11.9. The molecule has 4 rings (SSSR count). The van der Waals surface area contributed by atoms with E-state index in [-0.39, 0.29) is 51.6 Å². The molecule has 2 heterocycles. The SMILES string of the molecule is O=C(CCN1C(=O)C(=Cc2cccc(-c3cc(C(F)(F)F)cc(C(F)(F)F)c3)n2)SC1=S)NC1CCC(C(=O)O)CC1. The highest BCUT2D eigenvalue weighted by Crippen LogP contribution is 2.39. The largest absolute Gasteiger partial charge is 0.481 e. The Balaban J connectivity index is 1.44. The quantitative estimate of drug-likeness (QED) is 0.215. The number of thiocarbonyl (C=S) groups is 1. The summed E-state index contributed by atoms with van der Waals surface area (Å²) in [5.74, 6) is -2.11. The molecule has 1 saturated carbocycles. The molecule has 0 atom stereocenters. The Morgan fingerprint density at radius 3 is 2.24 bits per heavy atom. The molecule has 224 valence electrons. The lowest BCUT2D eigenvalue weighted by Crippen LogP contribution is -2.40. The number of nitrogens with one attached hydrogen (secondary N) is 1. The van der Waals surface area contributed by atoms with Crippen LogP contribution in [-0.4, -0.2) is 49.7 Å². The summed E-state index contributed by atoms with van der Waals surface area (Å²) in [6, 6.07) is 5.10. The van der Waals surface area contributed by atoms with Gasteiger partial charge in [0.25, 0.3) is 5.91 Å². The molecule has 0 bridgehead atoms. The monoisotopic (exact) mass is 631 g/mol. The van der Waals surface area contributed by atoms with Crippen molar-refractivity contribution in [1.82, 2.24) is 15.2 Å². The van der Waals surface area contributed by atoms with Gasteiger partial charge < -0.3 is 10.4 Å². The Labute approximate surface area is 245 Å². The molecule has 2 N–H and O–H groups in total. The third kappa shape index (κ3) is 7.68. The molecule has 15 heteroatoms. The molecule has 7 nitrogen and oxygen atoms in total. The molecule has 42 heavy (non-hydrogen) atoms. The van der Waals surface area contributed by atoms with Crippen molar-refractivity contribution in [3.8, 4) is 11.3 Å². The highest BCUT2D eigenvalue weighted by molar-refractivity contribution is 8.26. The van der Waals surface area contributed by atoms with Gasteiger partial charge in [0.1, 0.15) is 4.32 Å². The van der Waals surface area contributed by atoms with E-state index in [9.17, 15) is 40.7 Å². The van der Waals surface area contributed by atoms with Crippen LogP contribution in [-0.2, 0) is 26.7 Å². The third-order valence-corrected chi connectivity index (χ3v) is 8.19. The second kappa shape index (κ2) is 12.4. The molecular weight excluding hydrogens is 608 g/mol. The van der Waals surface area contributed by atoms with Gasteiger partial charge >= 0.3 is 18.3 Å². The maximum absolute atomic E-state index is 13.3. The number of carbonyl (C=O) groups excluding carboxylic acids is 2. The molecule has 1 aromatic carbocycles. The van der Waals surface area contributed by atoms with E-state index in [0.717, 1.165) is 11.8 Å². The summed E-state index contributed by atoms with van der Waals surface area (Å²) >= 11 is 6.19. The minimum atomic E-state index is -5.02. The van der Waals surface area contributed by atoms with Crippen LogP contribution in [0.15, 0.2) is 41.3 Å². The summed E-state index contributed by atoms with van der Waals surface area (Å²) in [4.78, 5) is 42.0. The van der Waals surface area contributed by atoms with Gasteiger partial charge in [-0.3, -0.25) is 19.3 Å². The van der Waals surface area contributed by atoms with Crippen LogP contribution in [0.25, 0.3) is 17.3 Å². The van der Waals surface area contributed by atoms with Crippen molar-refractivity contribution < 1.29 is 45.8 Å². The molecule has 2 aromatic rings. The molecule has 2 amide bonds. The zero-order chi connectivity index (χ0) is 30.8. The lowest BCUT2D eigenvalue weighted by atomic mass is 9.86. The van der Waals surface area contributed by atoms with Crippen molar-refractivity contribution in [3.05, 3.63) is 58.1 Å². The number of aromatic nitrogens is 1. The van der Waals surface area contributed by atoms with Gasteiger partial charge in [-0.25, -0.2) is 4.98 Å². The summed E-state index contributed by atoms with van der Waals surface area (Å²) in [6.07, 6.45) is -6.76. The number of carboxylic acid groups (broad SMARTS) is 1. The van der Waals surface area contributed by atoms with Gasteiger partial charge in [-0.2, -0.15) is 26.3 Å². The van der Waals surface area contributed by atoms with Gasteiger partial charge in [0.2, 0.25) is 5.91 Å². The number of pyridine rings is 1. The van der Waals surface area contributed by atoms with Gasteiger partial charge in [-0.05, 0) is 62.1 Å². The Hall–Kier alpha value is -3.46. The van der Waals surface area contributed by atoms with Crippen molar-refractivity contribution in [2.75, 3.05) is 6.54 Å². The van der Waals surface area contributed by atoms with Crippen LogP contribution in [0, 0.1) is 5.92 Å². The predicted molar refractivity (Wildman–Crippen MR) is 146 cm³/mol. The maximum Gasteiger partial charge on any atom is 0.416 e. The third-order valence-electron chi connectivity index (χ3n) is 6.81. The van der Waals surface area contributed by atoms with Crippen molar-refractivity contribution in [2.45, 2.75) is 50.5 Å². The second-order valence-corrected chi connectivity index (χ2v) is 11.5. The molecular formula is C27H23F6N3O4S2. The van der Waals surface area contributed by atoms with Crippen LogP contribution >= 0.6 is 24.0 Å². The molecule has 0 unspecified atom stereocenters. The van der Waals surface area contributed by atoms with E-state index in [4.69, 9.17) is 17.3 Å². The first-order chi connectivity index (χ1) is 19.6. The van der Waals surface area contributed by atoms with E-state index in [1.165, 1.54) is 29.2 Å². The highest BCUT2D eigenvalue weighted by atomic mass is 32.2. The van der Waals surface area contributed by atoms with E-state index in [2.05, 4.69) is 10.3 Å². The topological polar surface area (TPSA) is 99.6 Å². The summed E-state index contributed by atoms with van der Waals surface area (Å²) < 4.78 is 79.9. The van der Waals surface area contributed by atoms with Crippen LogP contribution in [0.3, 0.4) is 0 Å². The first-order valence-electron chi connectivity index (χ1n) is 12.7. The van der Waals surface area contributed by atoms with E-state index in [0.29, 0.717) is 37.8 Å². The number of rotatable bonds is 7. The fourth-order valence-electron chi connectivity index (χ4n) is 4.62. The molecule has 1 aliphatic carbocycles. The maximum atomic E-state index is 13.3. The Morgan fingerprint density at radius 2 is 1.67 bits per heavy atom. The molecule has 0 spiro atoms. The number of carbonyl (C=O) groups is 3. The van der Waals surface area contributed by atoms with Crippen molar-refractivity contribution >= 4 is 52.2 Å². The standard InChI is InChI=1S/C27H23F6N3O4S2/c28-26(29,30)16-10-15(11-17(12-16)27(31,32)33)20-3-1-2-19(34-20)13-21-23(38)36(25(41)42-21)9-8-22(37)35-18-6-4-14(5-7-18)24(39)40/h1-3,10-14,18H,4-9H2,(H,35,37)(H,39,40). The van der Waals surface area contributed by atoms with Gasteiger partial charge in [-0.15, -0.1) is 0 Å². The molecule has 1 aromatic heterocycles. The number of halogens is 6. The summed E-state index contributed by atoms with van der Waals surface area (Å²) in [5.41, 5.74) is -3.41. The second-order valence-electron chi connectivity index (χ2n) is 9.78. The van der Waals surface area contributed by atoms with Crippen LogP contribution in [0.1, 0.15) is 48.9 Å². The number of hydrogen-bond donors (Lipinski definition) is 2. The molecule has 1 saturated heterocycles. The first-order valence-corrected chi connectivity index (χ1v) is 13.9. The highest BCUT2D eigenvalue weighted by Gasteiger charge is 2.37. The van der Waals surface area contributed by atoms with Crippen molar-refractivity contribution in [3.63, 3.8) is 0 Å². The minimum Gasteiger partial charge on any atom is -0.481 e. The minimum absolute atomic E-state index is 0.0176. The normalized spacial score (nSPS) is 20.7. The van der Waals surface area contributed by atoms with Gasteiger partial charge in [0.15, 0.2) is 0 Å². The molecule has 1 aliphatic heterocycles. The van der Waals surface area contributed by atoms with Gasteiger partial charge in [-0.1, -0.05) is 30.0 Å². The van der Waals surface area contributed by atoms with Crippen LogP contribution in [0.4, 0.5) is 26.3 Å². The average Bonchev–Trinajstić information content (AvgIpc) is 3.18. The molecule has 2 aliphatic rings. The van der Waals surface area contributed by atoms with E-state index in [1.54, 1.807) is 0 Å². The number of alkyl halides is 6.